The smallest absolute Gasteiger partial charge is 0.0964 e. The van der Waals surface area contributed by atoms with Crippen LogP contribution in [0.1, 0.15) is 11.3 Å². The molecule has 0 spiro atoms. The van der Waals surface area contributed by atoms with Gasteiger partial charge in [-0.3, -0.25) is 5.10 Å². The van der Waals surface area contributed by atoms with Crippen LogP contribution >= 0.6 is 0 Å². The first-order valence-electron chi connectivity index (χ1n) is 4.33. The summed E-state index contributed by atoms with van der Waals surface area (Å²) in [7, 11) is 0. The lowest BCUT2D eigenvalue weighted by Crippen LogP contribution is -2.03. The molecule has 5 nitrogen and oxygen atoms in total. The monoisotopic (exact) mass is 189 g/mol. The Hall–Kier alpha value is -1.75. The lowest BCUT2D eigenvalue weighted by Gasteiger charge is -2.02. The van der Waals surface area contributed by atoms with E-state index in [1.807, 2.05) is 13.0 Å². The number of hydrogen-bond acceptors (Lipinski definition) is 4. The summed E-state index contributed by atoms with van der Waals surface area (Å²) < 4.78 is 0. The largest absolute Gasteiger partial charge is 0.326 e. The molecule has 0 amide bonds. The quantitative estimate of drug-likeness (QED) is 0.726. The van der Waals surface area contributed by atoms with E-state index in [1.165, 1.54) is 0 Å². The van der Waals surface area contributed by atoms with Crippen LogP contribution in [0.15, 0.2) is 18.5 Å². The highest BCUT2D eigenvalue weighted by atomic mass is 15.1. The zero-order chi connectivity index (χ0) is 9.97. The number of nitrogens with zero attached hydrogens (tertiary/aromatic N) is 3. The number of nitrogens with two attached hydrogens (primary N) is 1. The topological polar surface area (TPSA) is 80.5 Å². The maximum absolute atomic E-state index is 5.58. The van der Waals surface area contributed by atoms with Crippen LogP contribution < -0.4 is 5.73 Å². The predicted molar refractivity (Wildman–Crippen MR) is 52.2 cm³/mol. The summed E-state index contributed by atoms with van der Waals surface area (Å²) in [5.74, 6) is 0. The highest BCUT2D eigenvalue weighted by Gasteiger charge is 2.04. The van der Waals surface area contributed by atoms with Crippen molar-refractivity contribution >= 4 is 0 Å². The van der Waals surface area contributed by atoms with Crippen LogP contribution in [0.4, 0.5) is 0 Å². The van der Waals surface area contributed by atoms with Crippen molar-refractivity contribution in [2.45, 2.75) is 13.5 Å². The van der Waals surface area contributed by atoms with Crippen LogP contribution in [-0.2, 0) is 6.54 Å². The van der Waals surface area contributed by atoms with E-state index < -0.39 is 0 Å². The molecule has 2 heterocycles. The molecule has 0 atom stereocenters. The van der Waals surface area contributed by atoms with Gasteiger partial charge in [0.1, 0.15) is 0 Å². The van der Waals surface area contributed by atoms with Crippen LogP contribution in [0.2, 0.25) is 0 Å². The van der Waals surface area contributed by atoms with E-state index in [2.05, 4.69) is 20.4 Å². The Bertz CT molecular complexity index is 421. The van der Waals surface area contributed by atoms with E-state index in [4.69, 9.17) is 5.73 Å². The Balaban J connectivity index is 2.46. The van der Waals surface area contributed by atoms with E-state index in [0.29, 0.717) is 6.54 Å². The molecule has 2 aromatic rings. The summed E-state index contributed by atoms with van der Waals surface area (Å²) in [5, 5.41) is 14.7. The van der Waals surface area contributed by atoms with Gasteiger partial charge in [-0.2, -0.15) is 15.3 Å². The van der Waals surface area contributed by atoms with Crippen molar-refractivity contribution in [3.05, 3.63) is 29.7 Å². The first kappa shape index (κ1) is 8.83. The fourth-order valence-electron chi connectivity index (χ4n) is 1.23. The van der Waals surface area contributed by atoms with E-state index in [9.17, 15) is 0 Å². The van der Waals surface area contributed by atoms with Gasteiger partial charge in [-0.05, 0) is 18.6 Å². The lowest BCUT2D eigenvalue weighted by atomic mass is 10.1. The fourth-order valence-corrected chi connectivity index (χ4v) is 1.23. The molecule has 0 fully saturated rings. The second-order valence-corrected chi connectivity index (χ2v) is 3.03. The van der Waals surface area contributed by atoms with Gasteiger partial charge in [-0.1, -0.05) is 0 Å². The highest BCUT2D eigenvalue weighted by Crippen LogP contribution is 2.16. The SMILES string of the molecule is Cc1nnc(-c2cn[nH]c2)cc1CN. The van der Waals surface area contributed by atoms with Gasteiger partial charge in [0.25, 0.3) is 0 Å². The third-order valence-electron chi connectivity index (χ3n) is 2.10. The number of aromatic nitrogens is 4. The minimum Gasteiger partial charge on any atom is -0.326 e. The molecular formula is C9H11N5. The average molecular weight is 189 g/mol. The molecular weight excluding hydrogens is 178 g/mol. The predicted octanol–water partition coefficient (Wildman–Crippen LogP) is 0.634. The van der Waals surface area contributed by atoms with Crippen molar-refractivity contribution in [2.75, 3.05) is 0 Å². The van der Waals surface area contributed by atoms with Gasteiger partial charge >= 0.3 is 0 Å². The Kier molecular flexibility index (Phi) is 2.24. The highest BCUT2D eigenvalue weighted by molar-refractivity contribution is 5.57. The van der Waals surface area contributed by atoms with Crippen LogP contribution in [0.25, 0.3) is 11.3 Å². The van der Waals surface area contributed by atoms with Crippen LogP contribution in [0.3, 0.4) is 0 Å². The first-order chi connectivity index (χ1) is 6.81. The molecule has 0 saturated carbocycles. The molecule has 0 saturated heterocycles. The van der Waals surface area contributed by atoms with Crippen molar-refractivity contribution in [1.82, 2.24) is 20.4 Å². The molecule has 0 aliphatic carbocycles. The van der Waals surface area contributed by atoms with Gasteiger partial charge in [0.2, 0.25) is 0 Å². The molecule has 0 unspecified atom stereocenters. The van der Waals surface area contributed by atoms with E-state index >= 15 is 0 Å². The van der Waals surface area contributed by atoms with Crippen molar-refractivity contribution in [1.29, 1.82) is 0 Å². The molecule has 5 heteroatoms. The number of rotatable bonds is 2. The number of H-pyrrole nitrogens is 1. The Labute approximate surface area is 81.4 Å². The van der Waals surface area contributed by atoms with Crippen molar-refractivity contribution < 1.29 is 0 Å². The summed E-state index contributed by atoms with van der Waals surface area (Å²) in [6, 6.07) is 1.94. The maximum atomic E-state index is 5.58. The lowest BCUT2D eigenvalue weighted by molar-refractivity contribution is 0.924. The number of aryl methyl sites for hydroxylation is 1. The van der Waals surface area contributed by atoms with Crippen molar-refractivity contribution in [3.8, 4) is 11.3 Å². The summed E-state index contributed by atoms with van der Waals surface area (Å²) >= 11 is 0. The van der Waals surface area contributed by atoms with Crippen LogP contribution in [0, 0.1) is 6.92 Å². The summed E-state index contributed by atoms with van der Waals surface area (Å²) in [6.07, 6.45) is 3.49. The number of hydrogen-bond donors (Lipinski definition) is 2. The molecule has 0 aliphatic heterocycles. The van der Waals surface area contributed by atoms with E-state index in [1.54, 1.807) is 12.4 Å². The summed E-state index contributed by atoms with van der Waals surface area (Å²) in [5.41, 5.74) is 9.19. The minimum atomic E-state index is 0.478. The maximum Gasteiger partial charge on any atom is 0.0964 e. The average Bonchev–Trinajstić information content (AvgIpc) is 2.71. The van der Waals surface area contributed by atoms with E-state index in [0.717, 1.165) is 22.5 Å². The standard InChI is InChI=1S/C9H11N5/c1-6-7(3-10)2-9(14-13-6)8-4-11-12-5-8/h2,4-5H,3,10H2,1H3,(H,11,12). The number of aromatic amines is 1. The van der Waals surface area contributed by atoms with E-state index in [-0.39, 0.29) is 0 Å². The van der Waals surface area contributed by atoms with Crippen LogP contribution in [-0.4, -0.2) is 20.4 Å². The summed E-state index contributed by atoms with van der Waals surface area (Å²) in [4.78, 5) is 0. The summed E-state index contributed by atoms with van der Waals surface area (Å²) in [6.45, 7) is 2.38. The van der Waals surface area contributed by atoms with Crippen LogP contribution in [0.5, 0.6) is 0 Å². The first-order valence-corrected chi connectivity index (χ1v) is 4.33. The normalized spacial score (nSPS) is 10.4. The van der Waals surface area contributed by atoms with Crippen molar-refractivity contribution in [3.63, 3.8) is 0 Å². The fraction of sp³-hybridized carbons (Fsp3) is 0.222. The zero-order valence-corrected chi connectivity index (χ0v) is 7.86. The molecule has 2 aromatic heterocycles. The Morgan fingerprint density at radius 3 is 2.93 bits per heavy atom. The zero-order valence-electron chi connectivity index (χ0n) is 7.86. The molecule has 0 aromatic carbocycles. The second kappa shape index (κ2) is 3.55. The van der Waals surface area contributed by atoms with Gasteiger partial charge < -0.3 is 5.73 Å². The van der Waals surface area contributed by atoms with Gasteiger partial charge in [-0.25, -0.2) is 0 Å². The molecule has 0 aliphatic rings. The Morgan fingerprint density at radius 1 is 1.43 bits per heavy atom. The molecule has 14 heavy (non-hydrogen) atoms. The van der Waals surface area contributed by atoms with Gasteiger partial charge in [0.05, 0.1) is 17.6 Å². The number of nitrogens with one attached hydrogen (secondary N) is 1. The third kappa shape index (κ3) is 1.49. The van der Waals surface area contributed by atoms with Gasteiger partial charge in [0.15, 0.2) is 0 Å². The molecule has 3 N–H and O–H groups in total. The molecule has 2 rings (SSSR count). The molecule has 0 bridgehead atoms. The third-order valence-corrected chi connectivity index (χ3v) is 2.10. The Morgan fingerprint density at radius 2 is 2.29 bits per heavy atom. The molecule has 0 radical (unpaired) electrons. The van der Waals surface area contributed by atoms with Crippen molar-refractivity contribution in [2.24, 2.45) is 5.73 Å². The second-order valence-electron chi connectivity index (χ2n) is 3.03. The van der Waals surface area contributed by atoms with Gasteiger partial charge in [-0.15, -0.1) is 0 Å². The minimum absolute atomic E-state index is 0.478. The van der Waals surface area contributed by atoms with Gasteiger partial charge in [0, 0.05) is 18.3 Å². The molecule has 72 valence electrons.